The Morgan fingerprint density at radius 1 is 0.964 bits per heavy atom. The quantitative estimate of drug-likeness (QED) is 0.462. The Labute approximate surface area is 159 Å². The van der Waals surface area contributed by atoms with E-state index in [-0.39, 0.29) is 22.6 Å². The summed E-state index contributed by atoms with van der Waals surface area (Å²) in [7, 11) is 0. The van der Waals surface area contributed by atoms with E-state index >= 15 is 0 Å². The van der Waals surface area contributed by atoms with Crippen molar-refractivity contribution in [3.8, 4) is 0 Å². The first-order chi connectivity index (χ1) is 13.5. The molecule has 2 amide bonds. The number of amides is 2. The summed E-state index contributed by atoms with van der Waals surface area (Å²) in [5.74, 6) is -1.62. The SMILES string of the molecule is O=C1C(c2ccc([N+](=O)[O-])cc2)=C(N2CCCC2)C(=O)N1c1cccc(F)c1. The van der Waals surface area contributed by atoms with Crippen molar-refractivity contribution < 1.29 is 18.9 Å². The molecule has 28 heavy (non-hydrogen) atoms. The van der Waals surface area contributed by atoms with Gasteiger partial charge in [0.25, 0.3) is 17.5 Å². The minimum atomic E-state index is -0.564. The van der Waals surface area contributed by atoms with Crippen LogP contribution in [0.1, 0.15) is 18.4 Å². The van der Waals surface area contributed by atoms with Gasteiger partial charge in [-0.25, -0.2) is 9.29 Å². The zero-order valence-electron chi connectivity index (χ0n) is 14.8. The predicted molar refractivity (Wildman–Crippen MR) is 99.7 cm³/mol. The Kier molecular flexibility index (Phi) is 4.38. The summed E-state index contributed by atoms with van der Waals surface area (Å²) in [6, 6.07) is 10.8. The summed E-state index contributed by atoms with van der Waals surface area (Å²) in [6.07, 6.45) is 1.80. The van der Waals surface area contributed by atoms with E-state index in [1.165, 1.54) is 42.5 Å². The third kappa shape index (κ3) is 2.92. The van der Waals surface area contributed by atoms with Gasteiger partial charge in [-0.2, -0.15) is 0 Å². The second-order valence-corrected chi connectivity index (χ2v) is 6.65. The van der Waals surface area contributed by atoms with Crippen molar-refractivity contribution in [2.75, 3.05) is 18.0 Å². The molecule has 7 nitrogen and oxygen atoms in total. The maximum Gasteiger partial charge on any atom is 0.282 e. The molecule has 2 aliphatic heterocycles. The fourth-order valence-electron chi connectivity index (χ4n) is 3.61. The van der Waals surface area contributed by atoms with Crippen molar-refractivity contribution in [1.82, 2.24) is 4.90 Å². The van der Waals surface area contributed by atoms with E-state index in [1.54, 1.807) is 0 Å². The van der Waals surface area contributed by atoms with Crippen molar-refractivity contribution in [2.24, 2.45) is 0 Å². The van der Waals surface area contributed by atoms with Crippen LogP contribution in [-0.4, -0.2) is 34.7 Å². The van der Waals surface area contributed by atoms with Crippen LogP contribution < -0.4 is 4.90 Å². The second kappa shape index (κ2) is 6.88. The Bertz CT molecular complexity index is 1010. The average Bonchev–Trinajstić information content (AvgIpc) is 3.28. The first-order valence-corrected chi connectivity index (χ1v) is 8.86. The molecule has 2 aromatic carbocycles. The number of benzene rings is 2. The van der Waals surface area contributed by atoms with E-state index in [4.69, 9.17) is 0 Å². The molecule has 0 aromatic heterocycles. The van der Waals surface area contributed by atoms with E-state index in [1.807, 2.05) is 4.90 Å². The number of nitrogens with zero attached hydrogens (tertiary/aromatic N) is 3. The van der Waals surface area contributed by atoms with Gasteiger partial charge in [0, 0.05) is 25.2 Å². The molecule has 0 radical (unpaired) electrons. The monoisotopic (exact) mass is 381 g/mol. The molecule has 2 aromatic rings. The number of nitro groups is 1. The van der Waals surface area contributed by atoms with Gasteiger partial charge in [-0.3, -0.25) is 19.7 Å². The van der Waals surface area contributed by atoms with Gasteiger partial charge in [0.1, 0.15) is 11.5 Å². The van der Waals surface area contributed by atoms with Crippen LogP contribution in [0.5, 0.6) is 0 Å². The normalized spacial score (nSPS) is 17.0. The summed E-state index contributed by atoms with van der Waals surface area (Å²) in [6.45, 7) is 1.28. The molecule has 2 aliphatic rings. The topological polar surface area (TPSA) is 83.8 Å². The van der Waals surface area contributed by atoms with E-state index in [0.717, 1.165) is 23.8 Å². The summed E-state index contributed by atoms with van der Waals surface area (Å²) < 4.78 is 13.7. The Morgan fingerprint density at radius 3 is 2.25 bits per heavy atom. The van der Waals surface area contributed by atoms with Crippen LogP contribution in [0.3, 0.4) is 0 Å². The van der Waals surface area contributed by atoms with E-state index in [9.17, 15) is 24.1 Å². The van der Waals surface area contributed by atoms with E-state index in [2.05, 4.69) is 0 Å². The van der Waals surface area contributed by atoms with Crippen LogP contribution in [-0.2, 0) is 9.59 Å². The Morgan fingerprint density at radius 2 is 1.64 bits per heavy atom. The fourth-order valence-corrected chi connectivity index (χ4v) is 3.61. The molecule has 142 valence electrons. The zero-order chi connectivity index (χ0) is 19.8. The number of carbonyl (C=O) groups is 2. The summed E-state index contributed by atoms with van der Waals surface area (Å²) in [4.78, 5) is 39.5. The Hall–Kier alpha value is -3.55. The smallest absolute Gasteiger partial charge is 0.282 e. The van der Waals surface area contributed by atoms with Crippen molar-refractivity contribution in [3.05, 3.63) is 75.7 Å². The van der Waals surface area contributed by atoms with Gasteiger partial charge in [-0.05, 0) is 48.7 Å². The van der Waals surface area contributed by atoms with Crippen LogP contribution in [0.25, 0.3) is 5.57 Å². The molecular weight excluding hydrogens is 365 g/mol. The number of anilines is 1. The largest absolute Gasteiger partial charge is 0.366 e. The molecule has 0 unspecified atom stereocenters. The van der Waals surface area contributed by atoms with E-state index < -0.39 is 22.6 Å². The van der Waals surface area contributed by atoms with E-state index in [0.29, 0.717) is 18.7 Å². The average molecular weight is 381 g/mol. The van der Waals surface area contributed by atoms with Gasteiger partial charge in [-0.1, -0.05) is 6.07 Å². The van der Waals surface area contributed by atoms with Gasteiger partial charge >= 0.3 is 0 Å². The number of nitro benzene ring substituents is 1. The number of carbonyl (C=O) groups excluding carboxylic acids is 2. The molecule has 8 heteroatoms. The molecule has 0 saturated carbocycles. The molecule has 0 bridgehead atoms. The van der Waals surface area contributed by atoms with Crippen LogP contribution in [0.15, 0.2) is 54.2 Å². The minimum absolute atomic E-state index is 0.106. The van der Waals surface area contributed by atoms with Crippen molar-refractivity contribution in [2.45, 2.75) is 12.8 Å². The van der Waals surface area contributed by atoms with Crippen LogP contribution in [0.4, 0.5) is 15.8 Å². The number of halogens is 1. The number of imide groups is 1. The standard InChI is InChI=1S/C20H16FN3O4/c21-14-4-3-5-16(12-14)23-19(25)17(13-6-8-15(9-7-13)24(27)28)18(20(23)26)22-10-1-2-11-22/h3-9,12H,1-2,10-11H2. The maximum absolute atomic E-state index is 13.7. The molecular formula is C20H16FN3O4. The maximum atomic E-state index is 13.7. The van der Waals surface area contributed by atoms with Crippen LogP contribution in [0.2, 0.25) is 0 Å². The van der Waals surface area contributed by atoms with Gasteiger partial charge in [-0.15, -0.1) is 0 Å². The van der Waals surface area contributed by atoms with Crippen LogP contribution >= 0.6 is 0 Å². The minimum Gasteiger partial charge on any atom is -0.366 e. The first-order valence-electron chi connectivity index (χ1n) is 8.86. The molecule has 0 atom stereocenters. The summed E-state index contributed by atoms with van der Waals surface area (Å²) in [5, 5.41) is 10.9. The zero-order valence-corrected chi connectivity index (χ0v) is 14.8. The first kappa shape index (κ1) is 17.8. The third-order valence-electron chi connectivity index (χ3n) is 4.91. The van der Waals surface area contributed by atoms with Crippen LogP contribution in [0, 0.1) is 15.9 Å². The lowest BCUT2D eigenvalue weighted by atomic mass is 10.0. The molecule has 2 heterocycles. The lowest BCUT2D eigenvalue weighted by molar-refractivity contribution is -0.384. The van der Waals surface area contributed by atoms with Crippen molar-refractivity contribution >= 4 is 28.8 Å². The van der Waals surface area contributed by atoms with Crippen molar-refractivity contribution in [1.29, 1.82) is 0 Å². The Balaban J connectivity index is 1.82. The number of rotatable bonds is 4. The highest BCUT2D eigenvalue weighted by Crippen LogP contribution is 2.36. The lowest BCUT2D eigenvalue weighted by Crippen LogP contribution is -2.34. The molecule has 0 N–H and O–H groups in total. The molecule has 1 fully saturated rings. The summed E-state index contributed by atoms with van der Waals surface area (Å²) in [5.41, 5.74) is 0.922. The predicted octanol–water partition coefficient (Wildman–Crippen LogP) is 3.11. The summed E-state index contributed by atoms with van der Waals surface area (Å²) >= 11 is 0. The number of likely N-dealkylation sites (tertiary alicyclic amines) is 1. The highest BCUT2D eigenvalue weighted by Gasteiger charge is 2.43. The molecule has 0 aliphatic carbocycles. The van der Waals surface area contributed by atoms with Crippen molar-refractivity contribution in [3.63, 3.8) is 0 Å². The fraction of sp³-hybridized carbons (Fsp3) is 0.200. The second-order valence-electron chi connectivity index (χ2n) is 6.65. The van der Waals surface area contributed by atoms with Gasteiger partial charge in [0.2, 0.25) is 0 Å². The number of hydrogen-bond donors (Lipinski definition) is 0. The third-order valence-corrected chi connectivity index (χ3v) is 4.91. The van der Waals surface area contributed by atoms with Gasteiger partial charge in [0.05, 0.1) is 16.2 Å². The molecule has 1 saturated heterocycles. The highest BCUT2D eigenvalue weighted by molar-refractivity contribution is 6.45. The van der Waals surface area contributed by atoms with Gasteiger partial charge in [0.15, 0.2) is 0 Å². The van der Waals surface area contributed by atoms with Gasteiger partial charge < -0.3 is 4.90 Å². The number of non-ortho nitro benzene ring substituents is 1. The molecule has 4 rings (SSSR count). The number of hydrogen-bond acceptors (Lipinski definition) is 5. The molecule has 0 spiro atoms. The lowest BCUT2D eigenvalue weighted by Gasteiger charge is -2.20. The highest BCUT2D eigenvalue weighted by atomic mass is 19.1.